The van der Waals surface area contributed by atoms with Crippen molar-refractivity contribution in [2.24, 2.45) is 5.92 Å². The fraction of sp³-hybridized carbons (Fsp3) is 0.333. The third-order valence-corrected chi connectivity index (χ3v) is 4.82. The quantitative estimate of drug-likeness (QED) is 0.692. The molecule has 7 nitrogen and oxygen atoms in total. The maximum absolute atomic E-state index is 12.2. The Kier molecular flexibility index (Phi) is 6.37. The number of amides is 2. The first kappa shape index (κ1) is 19.5. The molecule has 1 fully saturated rings. The largest absolute Gasteiger partial charge is 0.493 e. The van der Waals surface area contributed by atoms with E-state index in [1.807, 2.05) is 24.3 Å². The highest BCUT2D eigenvalue weighted by Crippen LogP contribution is 2.31. The predicted molar refractivity (Wildman–Crippen MR) is 105 cm³/mol. The van der Waals surface area contributed by atoms with Gasteiger partial charge in [-0.05, 0) is 62.1 Å². The molecule has 0 aromatic heterocycles. The van der Waals surface area contributed by atoms with Crippen LogP contribution in [0.2, 0.25) is 0 Å². The number of ether oxygens (including phenoxy) is 2. The first-order chi connectivity index (χ1) is 13.5. The summed E-state index contributed by atoms with van der Waals surface area (Å²) >= 11 is 0. The lowest BCUT2D eigenvalue weighted by Gasteiger charge is -2.26. The molecule has 7 heteroatoms. The lowest BCUT2D eigenvalue weighted by Crippen LogP contribution is -2.40. The highest BCUT2D eigenvalue weighted by Gasteiger charge is 2.26. The molecule has 2 amide bonds. The molecule has 28 heavy (non-hydrogen) atoms. The number of carboxylic acids is 1. The van der Waals surface area contributed by atoms with Gasteiger partial charge in [-0.2, -0.15) is 0 Å². The molecule has 0 saturated heterocycles. The van der Waals surface area contributed by atoms with Gasteiger partial charge in [0.15, 0.2) is 11.5 Å². The fourth-order valence-corrected chi connectivity index (χ4v) is 3.27. The summed E-state index contributed by atoms with van der Waals surface area (Å²) in [4.78, 5) is 23.2. The Morgan fingerprint density at radius 3 is 2.21 bits per heavy atom. The number of nitrogens with one attached hydrogen (secondary N) is 2. The van der Waals surface area contributed by atoms with E-state index in [2.05, 4.69) is 10.6 Å². The van der Waals surface area contributed by atoms with Crippen molar-refractivity contribution < 1.29 is 24.2 Å². The van der Waals surface area contributed by atoms with Crippen LogP contribution in [0.4, 0.5) is 10.5 Å². The molecular weight excluding hydrogens is 360 g/mol. The smallest absolute Gasteiger partial charge is 0.319 e. The first-order valence-electron chi connectivity index (χ1n) is 9.26. The van der Waals surface area contributed by atoms with E-state index >= 15 is 0 Å². The molecule has 1 aliphatic carbocycles. The van der Waals surface area contributed by atoms with Crippen molar-refractivity contribution >= 4 is 17.7 Å². The average Bonchev–Trinajstić information content (AvgIpc) is 2.70. The molecule has 0 unspecified atom stereocenters. The molecule has 0 bridgehead atoms. The minimum absolute atomic E-state index is 0.00347. The van der Waals surface area contributed by atoms with E-state index in [-0.39, 0.29) is 18.0 Å². The number of hydrogen-bond donors (Lipinski definition) is 3. The van der Waals surface area contributed by atoms with Gasteiger partial charge in [0.05, 0.1) is 13.0 Å². The monoisotopic (exact) mass is 384 g/mol. The van der Waals surface area contributed by atoms with Crippen LogP contribution in [0.3, 0.4) is 0 Å². The lowest BCUT2D eigenvalue weighted by molar-refractivity contribution is -0.142. The van der Waals surface area contributed by atoms with Gasteiger partial charge in [-0.1, -0.05) is 12.1 Å². The highest BCUT2D eigenvalue weighted by atomic mass is 16.5. The normalized spacial score (nSPS) is 18.8. The Bertz CT molecular complexity index is 814. The first-order valence-corrected chi connectivity index (χ1v) is 9.26. The number of carbonyl (C=O) groups is 2. The van der Waals surface area contributed by atoms with Crippen LogP contribution in [0, 0.1) is 5.92 Å². The summed E-state index contributed by atoms with van der Waals surface area (Å²) in [5, 5.41) is 14.7. The Morgan fingerprint density at radius 1 is 0.964 bits per heavy atom. The molecule has 0 radical (unpaired) electrons. The van der Waals surface area contributed by atoms with Crippen molar-refractivity contribution in [3.05, 3.63) is 48.5 Å². The minimum atomic E-state index is -0.752. The third-order valence-electron chi connectivity index (χ3n) is 4.82. The van der Waals surface area contributed by atoms with Crippen LogP contribution in [-0.4, -0.2) is 30.3 Å². The fourth-order valence-electron chi connectivity index (χ4n) is 3.27. The lowest BCUT2D eigenvalue weighted by atomic mass is 9.86. The molecule has 148 valence electrons. The molecule has 0 aliphatic heterocycles. The second-order valence-corrected chi connectivity index (χ2v) is 6.76. The van der Waals surface area contributed by atoms with E-state index in [1.165, 1.54) is 0 Å². The van der Waals surface area contributed by atoms with Crippen LogP contribution in [0.15, 0.2) is 48.5 Å². The van der Waals surface area contributed by atoms with Crippen LogP contribution >= 0.6 is 0 Å². The summed E-state index contributed by atoms with van der Waals surface area (Å²) in [7, 11) is 1.59. The van der Waals surface area contributed by atoms with E-state index in [9.17, 15) is 9.59 Å². The zero-order valence-corrected chi connectivity index (χ0v) is 15.7. The molecule has 3 rings (SSSR count). The van der Waals surface area contributed by atoms with Crippen molar-refractivity contribution in [1.82, 2.24) is 5.32 Å². The molecule has 3 N–H and O–H groups in total. The number of aliphatic carboxylic acids is 1. The number of benzene rings is 2. The third kappa shape index (κ3) is 5.16. The average molecular weight is 384 g/mol. The van der Waals surface area contributed by atoms with E-state index in [4.69, 9.17) is 14.6 Å². The predicted octanol–water partition coefficient (Wildman–Crippen LogP) is 4.25. The summed E-state index contributed by atoms with van der Waals surface area (Å²) < 4.78 is 11.1. The number of hydrogen-bond acceptors (Lipinski definition) is 4. The number of para-hydroxylation sites is 2. The van der Waals surface area contributed by atoms with Crippen molar-refractivity contribution in [3.8, 4) is 17.2 Å². The van der Waals surface area contributed by atoms with Gasteiger partial charge < -0.3 is 25.2 Å². The molecule has 0 atom stereocenters. The van der Waals surface area contributed by atoms with Gasteiger partial charge >= 0.3 is 12.0 Å². The van der Waals surface area contributed by atoms with Crippen molar-refractivity contribution in [1.29, 1.82) is 0 Å². The number of carboxylic acid groups (broad SMARTS) is 1. The molecule has 1 aliphatic rings. The van der Waals surface area contributed by atoms with Gasteiger partial charge in [-0.3, -0.25) is 4.79 Å². The van der Waals surface area contributed by atoms with E-state index in [0.29, 0.717) is 48.6 Å². The molecule has 0 spiro atoms. The van der Waals surface area contributed by atoms with Gasteiger partial charge in [0, 0.05) is 11.7 Å². The van der Waals surface area contributed by atoms with Gasteiger partial charge in [0.2, 0.25) is 0 Å². The zero-order valence-electron chi connectivity index (χ0n) is 15.7. The van der Waals surface area contributed by atoms with Crippen LogP contribution in [0.25, 0.3) is 0 Å². The van der Waals surface area contributed by atoms with Gasteiger partial charge in [-0.25, -0.2) is 4.79 Å². The second-order valence-electron chi connectivity index (χ2n) is 6.76. The molecule has 1 saturated carbocycles. The Balaban J connectivity index is 1.50. The summed E-state index contributed by atoms with van der Waals surface area (Å²) in [6.45, 7) is 0. The summed E-state index contributed by atoms with van der Waals surface area (Å²) in [5.74, 6) is 0.833. The highest BCUT2D eigenvalue weighted by molar-refractivity contribution is 5.89. The van der Waals surface area contributed by atoms with Crippen LogP contribution < -0.4 is 20.1 Å². The van der Waals surface area contributed by atoms with Crippen LogP contribution in [-0.2, 0) is 4.79 Å². The molecule has 0 heterocycles. The Hall–Kier alpha value is -3.22. The van der Waals surface area contributed by atoms with Gasteiger partial charge in [0.25, 0.3) is 0 Å². The standard InChI is InChI=1S/C21H24N2O5/c1-27-18-4-2-3-5-19(18)28-17-12-10-16(11-13-17)23-21(26)22-15-8-6-14(7-9-15)20(24)25/h2-5,10-15H,6-9H2,1H3,(H,24,25)(H2,22,23,26). The van der Waals surface area contributed by atoms with Gasteiger partial charge in [-0.15, -0.1) is 0 Å². The van der Waals surface area contributed by atoms with Crippen molar-refractivity contribution in [2.75, 3.05) is 12.4 Å². The second kappa shape index (κ2) is 9.12. The maximum Gasteiger partial charge on any atom is 0.319 e. The van der Waals surface area contributed by atoms with Crippen LogP contribution in [0.5, 0.6) is 17.2 Å². The van der Waals surface area contributed by atoms with Crippen molar-refractivity contribution in [3.63, 3.8) is 0 Å². The summed E-state index contributed by atoms with van der Waals surface area (Å²) in [5.41, 5.74) is 0.643. The maximum atomic E-state index is 12.2. The Labute approximate surface area is 163 Å². The number of rotatable bonds is 6. The van der Waals surface area contributed by atoms with Gasteiger partial charge in [0.1, 0.15) is 5.75 Å². The zero-order chi connectivity index (χ0) is 19.9. The number of anilines is 1. The van der Waals surface area contributed by atoms with E-state index < -0.39 is 5.97 Å². The molecule has 2 aromatic rings. The summed E-state index contributed by atoms with van der Waals surface area (Å²) in [6.07, 6.45) is 2.54. The SMILES string of the molecule is COc1ccccc1Oc1ccc(NC(=O)NC2CCC(C(=O)O)CC2)cc1. The number of methoxy groups -OCH3 is 1. The van der Waals surface area contributed by atoms with Crippen molar-refractivity contribution in [2.45, 2.75) is 31.7 Å². The van der Waals surface area contributed by atoms with E-state index in [1.54, 1.807) is 31.4 Å². The number of urea groups is 1. The summed E-state index contributed by atoms with van der Waals surface area (Å²) in [6, 6.07) is 14.1. The topological polar surface area (TPSA) is 96.9 Å². The van der Waals surface area contributed by atoms with Crippen LogP contribution in [0.1, 0.15) is 25.7 Å². The Morgan fingerprint density at radius 2 is 1.61 bits per heavy atom. The molecular formula is C21H24N2O5. The van der Waals surface area contributed by atoms with E-state index in [0.717, 1.165) is 0 Å². The minimum Gasteiger partial charge on any atom is -0.493 e. The molecule has 2 aromatic carbocycles. The number of carbonyl (C=O) groups excluding carboxylic acids is 1.